The summed E-state index contributed by atoms with van der Waals surface area (Å²) in [5.41, 5.74) is 3.68. The zero-order valence-corrected chi connectivity index (χ0v) is 29.4. The van der Waals surface area contributed by atoms with E-state index in [-0.39, 0.29) is 41.4 Å². The van der Waals surface area contributed by atoms with Crippen molar-refractivity contribution in [3.8, 4) is 0 Å². The number of ether oxygens (including phenoxy) is 1. The maximum absolute atomic E-state index is 14.2. The third-order valence-electron chi connectivity index (χ3n) is 9.68. The molecule has 1 saturated heterocycles. The molecule has 0 aromatic heterocycles. The van der Waals surface area contributed by atoms with Gasteiger partial charge in [0, 0.05) is 13.0 Å². The van der Waals surface area contributed by atoms with Gasteiger partial charge in [-0.2, -0.15) is 0 Å². The lowest BCUT2D eigenvalue weighted by molar-refractivity contribution is -0.146. The minimum absolute atomic E-state index is 0.0816. The Kier molecular flexibility index (Phi) is 11.9. The number of nitrogens with zero attached hydrogens (tertiary/aromatic N) is 1. The summed E-state index contributed by atoms with van der Waals surface area (Å²) in [6.07, 6.45) is 2.99. The first kappa shape index (κ1) is 37.7. The lowest BCUT2D eigenvalue weighted by atomic mass is 9.78. The summed E-state index contributed by atoms with van der Waals surface area (Å²) in [5.74, 6) is -2.77. The van der Waals surface area contributed by atoms with Crippen molar-refractivity contribution in [1.29, 1.82) is 0 Å². The van der Waals surface area contributed by atoms with Gasteiger partial charge < -0.3 is 26.0 Å². The van der Waals surface area contributed by atoms with Crippen LogP contribution in [0.4, 0.5) is 0 Å². The quantitative estimate of drug-likeness (QED) is 0.250. The minimum atomic E-state index is -1.08. The smallest absolute Gasteiger partial charge is 0.287 e. The fourth-order valence-corrected chi connectivity index (χ4v) is 5.55. The van der Waals surface area contributed by atoms with E-state index < -0.39 is 52.2 Å². The fraction of sp³-hybridized carbons (Fsp3) is 0.853. The van der Waals surface area contributed by atoms with E-state index in [2.05, 4.69) is 31.4 Å². The van der Waals surface area contributed by atoms with Gasteiger partial charge in [0.15, 0.2) is 0 Å². The Morgan fingerprint density at radius 2 is 1.45 bits per heavy atom. The van der Waals surface area contributed by atoms with Gasteiger partial charge >= 0.3 is 0 Å². The van der Waals surface area contributed by atoms with Gasteiger partial charge in [0.05, 0.1) is 18.2 Å². The molecule has 44 heavy (non-hydrogen) atoms. The summed E-state index contributed by atoms with van der Waals surface area (Å²) < 4.78 is 6.27. The van der Waals surface area contributed by atoms with Crippen LogP contribution in [-0.4, -0.2) is 71.2 Å². The van der Waals surface area contributed by atoms with Crippen molar-refractivity contribution in [3.05, 3.63) is 0 Å². The highest BCUT2D eigenvalue weighted by molar-refractivity contribution is 6.37. The Hall–Kier alpha value is -2.49. The van der Waals surface area contributed by atoms with E-state index in [1.807, 2.05) is 62.3 Å². The third-order valence-corrected chi connectivity index (χ3v) is 9.68. The lowest BCUT2D eigenvalue weighted by Gasteiger charge is -2.41. The SMILES string of the molecule is CC(C)[C@H]1CCN(C(=O)[C@@H](NC(=O)CC(C)(C)COC(C)(C)C(C)(C)C)C(C)(C)C)[C@@H]1C(=O)NC(CC1CC1)C(=O)C(N)=O. The number of carbonyl (C=O) groups is 5. The number of hydrogen-bond donors (Lipinski definition) is 3. The molecule has 0 spiro atoms. The van der Waals surface area contributed by atoms with Crippen LogP contribution in [0.3, 0.4) is 0 Å². The van der Waals surface area contributed by atoms with Crippen molar-refractivity contribution < 1.29 is 28.7 Å². The molecule has 1 saturated carbocycles. The van der Waals surface area contributed by atoms with Crippen LogP contribution in [0.2, 0.25) is 0 Å². The summed E-state index contributed by atoms with van der Waals surface area (Å²) in [5, 5.41) is 5.78. The molecule has 10 nitrogen and oxygen atoms in total. The molecular formula is C34H60N4O6. The molecule has 1 unspecified atom stereocenters. The van der Waals surface area contributed by atoms with Gasteiger partial charge in [0.25, 0.3) is 5.91 Å². The molecule has 0 bridgehead atoms. The van der Waals surface area contributed by atoms with E-state index in [1.54, 1.807) is 4.90 Å². The number of likely N-dealkylation sites (tertiary alicyclic amines) is 1. The first-order valence-corrected chi connectivity index (χ1v) is 16.3. The van der Waals surface area contributed by atoms with E-state index >= 15 is 0 Å². The summed E-state index contributed by atoms with van der Waals surface area (Å²) in [6, 6.07) is -2.73. The lowest BCUT2D eigenvalue weighted by Crippen LogP contribution is -2.60. The Bertz CT molecular complexity index is 1080. The first-order valence-electron chi connectivity index (χ1n) is 16.3. The Labute approximate surface area is 265 Å². The number of primary amides is 1. The number of rotatable bonds is 14. The maximum Gasteiger partial charge on any atom is 0.287 e. The topological polar surface area (TPSA) is 148 Å². The molecule has 1 heterocycles. The number of nitrogens with two attached hydrogens (primary N) is 1. The van der Waals surface area contributed by atoms with Crippen LogP contribution in [0.25, 0.3) is 0 Å². The number of carbonyl (C=O) groups excluding carboxylic acids is 5. The maximum atomic E-state index is 14.2. The molecule has 0 radical (unpaired) electrons. The van der Waals surface area contributed by atoms with E-state index in [0.29, 0.717) is 26.0 Å². The minimum Gasteiger partial charge on any atom is -0.374 e. The highest BCUT2D eigenvalue weighted by Gasteiger charge is 2.48. The molecular weight excluding hydrogens is 560 g/mol. The fourth-order valence-electron chi connectivity index (χ4n) is 5.55. The third kappa shape index (κ3) is 10.0. The van der Waals surface area contributed by atoms with E-state index in [0.717, 1.165) is 12.8 Å². The van der Waals surface area contributed by atoms with Crippen LogP contribution in [0.15, 0.2) is 0 Å². The summed E-state index contributed by atoms with van der Waals surface area (Å²) in [4.78, 5) is 67.3. The number of nitrogens with one attached hydrogen (secondary N) is 2. The van der Waals surface area contributed by atoms with Crippen LogP contribution < -0.4 is 16.4 Å². The second kappa shape index (κ2) is 13.9. The zero-order valence-electron chi connectivity index (χ0n) is 29.4. The van der Waals surface area contributed by atoms with Crippen molar-refractivity contribution in [2.24, 2.45) is 39.7 Å². The molecule has 4 atom stereocenters. The van der Waals surface area contributed by atoms with Gasteiger partial charge in [0.1, 0.15) is 12.1 Å². The highest BCUT2D eigenvalue weighted by atomic mass is 16.5. The summed E-state index contributed by atoms with van der Waals surface area (Å²) in [7, 11) is 0. The Morgan fingerprint density at radius 3 is 1.91 bits per heavy atom. The number of hydrogen-bond acceptors (Lipinski definition) is 6. The molecule has 2 rings (SSSR count). The van der Waals surface area contributed by atoms with Crippen molar-refractivity contribution in [3.63, 3.8) is 0 Å². The van der Waals surface area contributed by atoms with Crippen molar-refractivity contribution in [1.82, 2.24) is 15.5 Å². The molecule has 2 aliphatic rings. The molecule has 0 aromatic rings. The average Bonchev–Trinajstić information content (AvgIpc) is 3.56. The monoisotopic (exact) mass is 620 g/mol. The Morgan fingerprint density at radius 1 is 0.886 bits per heavy atom. The zero-order chi connectivity index (χ0) is 34.0. The normalized spacial score (nSPS) is 21.2. The number of amides is 4. The van der Waals surface area contributed by atoms with Gasteiger partial charge in [-0.15, -0.1) is 0 Å². The average molecular weight is 621 g/mol. The molecule has 1 aliphatic heterocycles. The molecule has 1 aliphatic carbocycles. The second-order valence-electron chi connectivity index (χ2n) is 16.9. The molecule has 4 amide bonds. The second-order valence-corrected chi connectivity index (χ2v) is 16.9. The Balaban J connectivity index is 2.25. The van der Waals surface area contributed by atoms with E-state index in [1.165, 1.54) is 0 Å². The van der Waals surface area contributed by atoms with Crippen LogP contribution in [-0.2, 0) is 28.7 Å². The van der Waals surface area contributed by atoms with Crippen molar-refractivity contribution in [2.75, 3.05) is 13.2 Å². The molecule has 0 aromatic carbocycles. The highest BCUT2D eigenvalue weighted by Crippen LogP contribution is 2.37. The standard InChI is InChI=1S/C34H60N4O6/c1-20(2)22-15-16-38(25(22)29(42)36-23(17-21-13-14-21)26(40)28(35)41)30(43)27(31(3,4)5)37-24(39)18-33(9,10)19-44-34(11,12)32(6,7)8/h20-23,25,27H,13-19H2,1-12H3,(H2,35,41)(H,36,42)(H,37,39)/t22-,23?,25+,27-/m1/s1. The molecule has 252 valence electrons. The largest absolute Gasteiger partial charge is 0.374 e. The summed E-state index contributed by atoms with van der Waals surface area (Å²) in [6.45, 7) is 24.8. The molecule has 4 N–H and O–H groups in total. The predicted molar refractivity (Wildman–Crippen MR) is 171 cm³/mol. The first-order chi connectivity index (χ1) is 19.9. The van der Waals surface area contributed by atoms with Gasteiger partial charge in [-0.25, -0.2) is 0 Å². The van der Waals surface area contributed by atoms with Crippen molar-refractivity contribution in [2.45, 2.75) is 139 Å². The van der Waals surface area contributed by atoms with Crippen LogP contribution >= 0.6 is 0 Å². The van der Waals surface area contributed by atoms with Gasteiger partial charge in [0.2, 0.25) is 23.5 Å². The molecule has 2 fully saturated rings. The van der Waals surface area contributed by atoms with Gasteiger partial charge in [-0.1, -0.05) is 82.1 Å². The van der Waals surface area contributed by atoms with E-state index in [4.69, 9.17) is 10.5 Å². The number of ketones is 1. The van der Waals surface area contributed by atoms with Gasteiger partial charge in [-0.05, 0) is 60.7 Å². The van der Waals surface area contributed by atoms with Crippen LogP contribution in [0, 0.1) is 34.0 Å². The van der Waals surface area contributed by atoms with E-state index in [9.17, 15) is 24.0 Å². The summed E-state index contributed by atoms with van der Waals surface area (Å²) >= 11 is 0. The van der Waals surface area contributed by atoms with Crippen LogP contribution in [0.5, 0.6) is 0 Å². The molecule has 10 heteroatoms. The number of Topliss-reactive ketones (excluding diaryl/α,β-unsaturated/α-hetero) is 1. The predicted octanol–water partition coefficient (Wildman–Crippen LogP) is 3.99. The van der Waals surface area contributed by atoms with Crippen molar-refractivity contribution >= 4 is 29.4 Å². The van der Waals surface area contributed by atoms with Crippen LogP contribution in [0.1, 0.15) is 115 Å². The van der Waals surface area contributed by atoms with Gasteiger partial charge in [-0.3, -0.25) is 24.0 Å².